The van der Waals surface area contributed by atoms with Crippen molar-refractivity contribution in [2.24, 2.45) is 17.4 Å². The molecule has 2 aromatic carbocycles. The number of rotatable bonds is 3. The van der Waals surface area contributed by atoms with Gasteiger partial charge >= 0.3 is 0 Å². The highest BCUT2D eigenvalue weighted by molar-refractivity contribution is 7.99. The number of carbonyl (C=O) groups is 2. The second-order valence-electron chi connectivity index (χ2n) is 6.06. The zero-order chi connectivity index (χ0) is 17.3. The lowest BCUT2D eigenvalue weighted by Gasteiger charge is -2.34. The molecule has 1 aliphatic heterocycles. The summed E-state index contributed by atoms with van der Waals surface area (Å²) in [5.74, 6) is -1.80. The summed E-state index contributed by atoms with van der Waals surface area (Å²) in [6.45, 7) is 1.52. The lowest BCUT2D eigenvalue weighted by molar-refractivity contribution is -0.131. The van der Waals surface area contributed by atoms with Crippen molar-refractivity contribution in [2.45, 2.75) is 22.6 Å². The van der Waals surface area contributed by atoms with Crippen LogP contribution in [0, 0.1) is 5.92 Å². The second kappa shape index (κ2) is 6.30. The second-order valence-corrected chi connectivity index (χ2v) is 7.24. The largest absolute Gasteiger partial charge is 0.368 e. The van der Waals surface area contributed by atoms with Crippen molar-refractivity contribution in [1.29, 1.82) is 0 Å². The average Bonchev–Trinajstić information content (AvgIpc) is 2.71. The van der Waals surface area contributed by atoms with Gasteiger partial charge in [-0.05, 0) is 24.6 Å². The molecule has 5 N–H and O–H groups in total. The van der Waals surface area contributed by atoms with E-state index in [2.05, 4.69) is 5.32 Å². The molecule has 3 rings (SSSR count). The summed E-state index contributed by atoms with van der Waals surface area (Å²) < 4.78 is 0. The summed E-state index contributed by atoms with van der Waals surface area (Å²) >= 11 is 1.52. The van der Waals surface area contributed by atoms with E-state index in [4.69, 9.17) is 11.5 Å². The Balaban J connectivity index is 2.14. The molecule has 0 aliphatic carbocycles. The Kier molecular flexibility index (Phi) is 4.34. The van der Waals surface area contributed by atoms with Crippen molar-refractivity contribution in [3.63, 3.8) is 0 Å². The minimum Gasteiger partial charge on any atom is -0.368 e. The first-order valence-electron chi connectivity index (χ1n) is 7.61. The third-order valence-corrected chi connectivity index (χ3v) is 5.70. The van der Waals surface area contributed by atoms with Gasteiger partial charge in [0.15, 0.2) is 0 Å². The Morgan fingerprint density at radius 3 is 2.42 bits per heavy atom. The number of hydrogen-bond donors (Lipinski definition) is 3. The van der Waals surface area contributed by atoms with Crippen LogP contribution < -0.4 is 16.8 Å². The number of para-hydroxylation sites is 1. The molecule has 6 heteroatoms. The maximum atomic E-state index is 12.9. The van der Waals surface area contributed by atoms with Crippen LogP contribution in [0.15, 0.2) is 59.5 Å². The van der Waals surface area contributed by atoms with Gasteiger partial charge in [-0.15, -0.1) is 11.8 Å². The minimum atomic E-state index is -1.47. The fraction of sp³-hybridized carbons (Fsp3) is 0.222. The number of fused-ring (bicyclic) bond motifs is 1. The number of amides is 2. The normalized spacial score (nSPS) is 22.7. The van der Waals surface area contributed by atoms with Crippen LogP contribution in [0.3, 0.4) is 0 Å². The number of anilines is 1. The van der Waals surface area contributed by atoms with Gasteiger partial charge in [0, 0.05) is 10.1 Å². The molecule has 0 fully saturated rings. The van der Waals surface area contributed by atoms with Crippen molar-refractivity contribution in [3.05, 3.63) is 60.2 Å². The van der Waals surface area contributed by atoms with Gasteiger partial charge in [-0.1, -0.05) is 42.5 Å². The van der Waals surface area contributed by atoms with Crippen molar-refractivity contribution < 1.29 is 9.59 Å². The molecule has 2 aromatic rings. The van der Waals surface area contributed by atoms with Gasteiger partial charge in [-0.3, -0.25) is 9.59 Å². The zero-order valence-corrected chi connectivity index (χ0v) is 14.0. The first kappa shape index (κ1) is 16.5. The van der Waals surface area contributed by atoms with Gasteiger partial charge in [0.1, 0.15) is 5.54 Å². The Labute approximate surface area is 144 Å². The molecule has 3 atom stereocenters. The third kappa shape index (κ3) is 2.90. The number of primary amides is 1. The van der Waals surface area contributed by atoms with Crippen LogP contribution in [-0.4, -0.2) is 17.4 Å². The number of hydrogen-bond acceptors (Lipinski definition) is 4. The molecule has 2 unspecified atom stereocenters. The summed E-state index contributed by atoms with van der Waals surface area (Å²) in [6.07, 6.45) is 0. The van der Waals surface area contributed by atoms with Crippen LogP contribution in [0.4, 0.5) is 5.69 Å². The van der Waals surface area contributed by atoms with E-state index in [9.17, 15) is 9.59 Å². The Bertz CT molecular complexity index is 777. The summed E-state index contributed by atoms with van der Waals surface area (Å²) in [7, 11) is 0. The quantitative estimate of drug-likeness (QED) is 0.798. The molecule has 24 heavy (non-hydrogen) atoms. The molecule has 0 saturated carbocycles. The number of nitrogens with one attached hydrogen (secondary N) is 1. The molecule has 0 saturated heterocycles. The predicted octanol–water partition coefficient (Wildman–Crippen LogP) is 2.29. The van der Waals surface area contributed by atoms with Gasteiger partial charge in [-0.2, -0.15) is 0 Å². The van der Waals surface area contributed by atoms with E-state index in [1.54, 1.807) is 0 Å². The third-order valence-electron chi connectivity index (χ3n) is 4.29. The summed E-state index contributed by atoms with van der Waals surface area (Å²) in [5.41, 5.74) is 11.9. The highest BCUT2D eigenvalue weighted by Crippen LogP contribution is 2.48. The van der Waals surface area contributed by atoms with Gasteiger partial charge < -0.3 is 16.8 Å². The fourth-order valence-corrected chi connectivity index (χ4v) is 4.38. The number of benzene rings is 2. The molecule has 0 spiro atoms. The molecule has 2 amide bonds. The number of thioether (sulfide) groups is 1. The van der Waals surface area contributed by atoms with Crippen molar-refractivity contribution in [2.75, 3.05) is 5.32 Å². The van der Waals surface area contributed by atoms with Crippen molar-refractivity contribution in [3.8, 4) is 0 Å². The lowest BCUT2D eigenvalue weighted by atomic mass is 9.80. The number of carbonyl (C=O) groups excluding carboxylic acids is 2. The fourth-order valence-electron chi connectivity index (χ4n) is 2.87. The molecule has 124 valence electrons. The van der Waals surface area contributed by atoms with Crippen LogP contribution in [-0.2, 0) is 9.59 Å². The minimum absolute atomic E-state index is 0.301. The molecular formula is C18H19N3O2S. The van der Waals surface area contributed by atoms with Gasteiger partial charge in [0.2, 0.25) is 11.8 Å². The molecule has 0 aromatic heterocycles. The van der Waals surface area contributed by atoms with Crippen molar-refractivity contribution >= 4 is 29.3 Å². The van der Waals surface area contributed by atoms with Crippen LogP contribution in [0.2, 0.25) is 0 Å². The van der Waals surface area contributed by atoms with E-state index < -0.39 is 17.4 Å². The van der Waals surface area contributed by atoms with Crippen LogP contribution in [0.25, 0.3) is 0 Å². The predicted molar refractivity (Wildman–Crippen MR) is 95.4 cm³/mol. The van der Waals surface area contributed by atoms with Gasteiger partial charge in [0.05, 0.1) is 11.6 Å². The SMILES string of the molecule is C[C@](N)(C(N)=O)C1C(=O)Nc2ccccc2SC1c1ccccc1. The molecule has 5 nitrogen and oxygen atoms in total. The van der Waals surface area contributed by atoms with E-state index in [1.165, 1.54) is 18.7 Å². The molecular weight excluding hydrogens is 322 g/mol. The van der Waals surface area contributed by atoms with Gasteiger partial charge in [-0.25, -0.2) is 0 Å². The van der Waals surface area contributed by atoms with E-state index in [1.807, 2.05) is 54.6 Å². The highest BCUT2D eigenvalue weighted by Gasteiger charge is 2.47. The van der Waals surface area contributed by atoms with Crippen LogP contribution in [0.1, 0.15) is 17.7 Å². The van der Waals surface area contributed by atoms with E-state index in [0.717, 1.165) is 16.1 Å². The Hall–Kier alpha value is -2.31. The Morgan fingerprint density at radius 2 is 1.75 bits per heavy atom. The van der Waals surface area contributed by atoms with Crippen LogP contribution in [0.5, 0.6) is 0 Å². The molecule has 0 radical (unpaired) electrons. The topological polar surface area (TPSA) is 98.2 Å². The van der Waals surface area contributed by atoms with Crippen molar-refractivity contribution in [1.82, 2.24) is 0 Å². The maximum Gasteiger partial charge on any atom is 0.238 e. The smallest absolute Gasteiger partial charge is 0.238 e. The summed E-state index contributed by atoms with van der Waals surface area (Å²) in [6, 6.07) is 17.1. The van der Waals surface area contributed by atoms with E-state index in [-0.39, 0.29) is 11.2 Å². The van der Waals surface area contributed by atoms with E-state index in [0.29, 0.717) is 0 Å². The summed E-state index contributed by atoms with van der Waals surface area (Å²) in [5, 5.41) is 2.56. The monoisotopic (exact) mass is 341 g/mol. The first-order chi connectivity index (χ1) is 11.4. The van der Waals surface area contributed by atoms with Gasteiger partial charge in [0.25, 0.3) is 0 Å². The zero-order valence-electron chi connectivity index (χ0n) is 13.2. The standard InChI is InChI=1S/C18H19N3O2S/c1-18(20,17(19)23)14-15(11-7-3-2-4-8-11)24-13-10-6-5-9-12(13)21-16(14)22/h2-10,14-15H,20H2,1H3,(H2,19,23)(H,21,22)/t14?,15?,18-/m1/s1. The average molecular weight is 341 g/mol. The Morgan fingerprint density at radius 1 is 1.12 bits per heavy atom. The lowest BCUT2D eigenvalue weighted by Crippen LogP contribution is -2.59. The van der Waals surface area contributed by atoms with Crippen LogP contribution >= 0.6 is 11.8 Å². The summed E-state index contributed by atoms with van der Waals surface area (Å²) in [4.78, 5) is 25.8. The molecule has 1 heterocycles. The molecule has 1 aliphatic rings. The number of nitrogens with two attached hydrogens (primary N) is 2. The maximum absolute atomic E-state index is 12.9. The van der Waals surface area contributed by atoms with E-state index >= 15 is 0 Å². The molecule has 0 bridgehead atoms. The first-order valence-corrected chi connectivity index (χ1v) is 8.49. The highest BCUT2D eigenvalue weighted by atomic mass is 32.2.